The van der Waals surface area contributed by atoms with Gasteiger partial charge >= 0.3 is 0 Å². The third-order valence-corrected chi connectivity index (χ3v) is 11.4. The van der Waals surface area contributed by atoms with Gasteiger partial charge in [0.25, 0.3) is 0 Å². The van der Waals surface area contributed by atoms with Crippen molar-refractivity contribution in [3.05, 3.63) is 169 Å². The van der Waals surface area contributed by atoms with E-state index in [9.17, 15) is 0 Å². The lowest BCUT2D eigenvalue weighted by molar-refractivity contribution is 0.591. The van der Waals surface area contributed by atoms with Gasteiger partial charge in [-0.05, 0) is 57.9 Å². The van der Waals surface area contributed by atoms with Crippen molar-refractivity contribution in [2.24, 2.45) is 0 Å². The van der Waals surface area contributed by atoms with Crippen LogP contribution < -0.4 is 0 Å². The molecule has 0 aliphatic rings. The molecule has 3 aromatic heterocycles. The van der Waals surface area contributed by atoms with E-state index in [1.807, 2.05) is 48.5 Å². The maximum Gasteiger partial charge on any atom is 0.166 e. The summed E-state index contributed by atoms with van der Waals surface area (Å²) >= 11 is 0. The van der Waals surface area contributed by atoms with Gasteiger partial charge in [-0.25, -0.2) is 15.0 Å². The molecule has 0 saturated heterocycles. The van der Waals surface area contributed by atoms with Gasteiger partial charge in [-0.15, -0.1) is 0 Å². The van der Waals surface area contributed by atoms with Crippen molar-refractivity contribution in [2.75, 3.05) is 0 Å². The smallest absolute Gasteiger partial charge is 0.166 e. The van der Waals surface area contributed by atoms with Crippen LogP contribution in [0.4, 0.5) is 0 Å². The topological polar surface area (TPSA) is 56.7 Å². The van der Waals surface area contributed by atoms with E-state index >= 15 is 0 Å². The molecule has 3 heterocycles. The highest BCUT2D eigenvalue weighted by Crippen LogP contribution is 2.42. The number of hydrogen-bond donors (Lipinski definition) is 0. The predicted octanol–water partition coefficient (Wildman–Crippen LogP) is 14.1. The second-order valence-electron chi connectivity index (χ2n) is 17.3. The lowest BCUT2D eigenvalue weighted by Gasteiger charge is -2.21. The SMILES string of the molecule is CC(C)(C)c1ccc2c3ccc(C(C)(C)C)cc3n(-c3ccc(-c4cccc5c4oc4ccccc45)cc3-c3nc(-c4ccccc4)nc(-c4ccccc4)n3)c2c1. The van der Waals surface area contributed by atoms with Gasteiger partial charge in [0.05, 0.1) is 16.7 Å². The Morgan fingerprint density at radius 1 is 0.414 bits per heavy atom. The number of rotatable bonds is 5. The average molecular weight is 753 g/mol. The fourth-order valence-electron chi connectivity index (χ4n) is 8.19. The molecule has 5 heteroatoms. The Kier molecular flexibility index (Phi) is 8.20. The summed E-state index contributed by atoms with van der Waals surface area (Å²) in [7, 11) is 0. The van der Waals surface area contributed by atoms with E-state index < -0.39 is 0 Å². The quantitative estimate of drug-likeness (QED) is 0.176. The van der Waals surface area contributed by atoms with Crippen LogP contribution in [0.1, 0.15) is 52.7 Å². The molecule has 282 valence electrons. The highest BCUT2D eigenvalue weighted by molar-refractivity contribution is 6.11. The van der Waals surface area contributed by atoms with Crippen molar-refractivity contribution in [3.8, 4) is 51.0 Å². The molecule has 0 saturated carbocycles. The number of furan rings is 1. The Morgan fingerprint density at radius 3 is 1.53 bits per heavy atom. The van der Waals surface area contributed by atoms with Crippen molar-refractivity contribution in [2.45, 2.75) is 52.4 Å². The van der Waals surface area contributed by atoms with Crippen LogP contribution in [0, 0.1) is 0 Å². The first kappa shape index (κ1) is 35.6. The van der Waals surface area contributed by atoms with E-state index in [2.05, 4.69) is 155 Å². The number of benzene rings is 7. The number of aromatic nitrogens is 4. The van der Waals surface area contributed by atoms with Gasteiger partial charge in [-0.3, -0.25) is 0 Å². The normalized spacial score (nSPS) is 12.3. The molecule has 0 aliphatic carbocycles. The number of fused-ring (bicyclic) bond motifs is 6. The van der Waals surface area contributed by atoms with Crippen LogP contribution in [0.5, 0.6) is 0 Å². The molecule has 10 aromatic rings. The molecule has 7 aromatic carbocycles. The van der Waals surface area contributed by atoms with E-state index in [0.717, 1.165) is 66.5 Å². The Morgan fingerprint density at radius 2 is 0.948 bits per heavy atom. The largest absolute Gasteiger partial charge is 0.455 e. The molecule has 0 unspecified atom stereocenters. The van der Waals surface area contributed by atoms with Gasteiger partial charge < -0.3 is 8.98 Å². The predicted molar refractivity (Wildman–Crippen MR) is 241 cm³/mol. The first-order valence-electron chi connectivity index (χ1n) is 20.0. The van der Waals surface area contributed by atoms with Gasteiger partial charge in [0.2, 0.25) is 0 Å². The molecule has 0 spiro atoms. The van der Waals surface area contributed by atoms with Gasteiger partial charge in [0, 0.05) is 43.8 Å². The lowest BCUT2D eigenvalue weighted by atomic mass is 9.86. The number of para-hydroxylation sites is 2. The van der Waals surface area contributed by atoms with Gasteiger partial charge in [-0.1, -0.05) is 169 Å². The monoisotopic (exact) mass is 752 g/mol. The fraction of sp³-hybridized carbons (Fsp3) is 0.151. The van der Waals surface area contributed by atoms with Crippen LogP contribution >= 0.6 is 0 Å². The number of hydrogen-bond acceptors (Lipinski definition) is 4. The van der Waals surface area contributed by atoms with Crippen molar-refractivity contribution in [3.63, 3.8) is 0 Å². The van der Waals surface area contributed by atoms with Crippen LogP contribution in [0.25, 0.3) is 94.7 Å². The Bertz CT molecular complexity index is 3050. The zero-order chi connectivity index (χ0) is 39.8. The summed E-state index contributed by atoms with van der Waals surface area (Å²) in [5.41, 5.74) is 12.2. The van der Waals surface area contributed by atoms with Crippen LogP contribution in [-0.2, 0) is 10.8 Å². The summed E-state index contributed by atoms with van der Waals surface area (Å²) in [6.07, 6.45) is 0. The first-order chi connectivity index (χ1) is 28.0. The minimum Gasteiger partial charge on any atom is -0.455 e. The molecular weight excluding hydrogens is 709 g/mol. The summed E-state index contributed by atoms with van der Waals surface area (Å²) in [6.45, 7) is 13.7. The third kappa shape index (κ3) is 6.06. The standard InChI is InChI=1S/C53H44N4O/c1-52(2,3)36-25-27-39-40-28-26-37(53(4,5)6)32-46(40)57(45(39)31-36)44-29-24-35(38-21-15-22-42-41-20-13-14-23-47(41)58-48(38)42)30-43(44)51-55-49(33-16-9-7-10-17-33)54-50(56-51)34-18-11-8-12-19-34/h7-32H,1-6H3. The third-order valence-electron chi connectivity index (χ3n) is 11.4. The van der Waals surface area contributed by atoms with Crippen LogP contribution in [0.3, 0.4) is 0 Å². The molecule has 5 nitrogen and oxygen atoms in total. The van der Waals surface area contributed by atoms with Crippen molar-refractivity contribution >= 4 is 43.7 Å². The molecule has 0 fully saturated rings. The molecule has 0 N–H and O–H groups in total. The lowest BCUT2D eigenvalue weighted by Crippen LogP contribution is -2.11. The highest BCUT2D eigenvalue weighted by Gasteiger charge is 2.24. The fourth-order valence-corrected chi connectivity index (χ4v) is 8.19. The second kappa shape index (κ2) is 13.4. The van der Waals surface area contributed by atoms with Crippen LogP contribution in [0.2, 0.25) is 0 Å². The number of nitrogens with zero attached hydrogens (tertiary/aromatic N) is 4. The van der Waals surface area contributed by atoms with Crippen molar-refractivity contribution in [1.29, 1.82) is 0 Å². The van der Waals surface area contributed by atoms with Crippen molar-refractivity contribution < 1.29 is 4.42 Å². The molecule has 0 atom stereocenters. The van der Waals surface area contributed by atoms with Gasteiger partial charge in [0.1, 0.15) is 11.2 Å². The van der Waals surface area contributed by atoms with Crippen molar-refractivity contribution in [1.82, 2.24) is 19.5 Å². The second-order valence-corrected chi connectivity index (χ2v) is 17.3. The molecule has 0 bridgehead atoms. The molecule has 10 rings (SSSR count). The maximum atomic E-state index is 6.60. The summed E-state index contributed by atoms with van der Waals surface area (Å²) in [6, 6.07) is 55.6. The van der Waals surface area contributed by atoms with E-state index in [1.54, 1.807) is 0 Å². The molecular formula is C53H44N4O. The summed E-state index contributed by atoms with van der Waals surface area (Å²) in [5.74, 6) is 1.83. The van der Waals surface area contributed by atoms with Gasteiger partial charge in [-0.2, -0.15) is 0 Å². The first-order valence-corrected chi connectivity index (χ1v) is 20.0. The minimum atomic E-state index is -0.0482. The Labute approximate surface area is 338 Å². The zero-order valence-corrected chi connectivity index (χ0v) is 33.7. The van der Waals surface area contributed by atoms with Crippen LogP contribution in [0.15, 0.2) is 162 Å². The summed E-state index contributed by atoms with van der Waals surface area (Å²) < 4.78 is 9.03. The van der Waals surface area contributed by atoms with E-state index in [1.165, 1.54) is 21.9 Å². The van der Waals surface area contributed by atoms with Gasteiger partial charge in [0.15, 0.2) is 17.5 Å². The van der Waals surface area contributed by atoms with E-state index in [4.69, 9.17) is 19.4 Å². The molecule has 58 heavy (non-hydrogen) atoms. The van der Waals surface area contributed by atoms with Crippen LogP contribution in [-0.4, -0.2) is 19.5 Å². The van der Waals surface area contributed by atoms with E-state index in [0.29, 0.717) is 17.5 Å². The molecule has 0 aliphatic heterocycles. The summed E-state index contributed by atoms with van der Waals surface area (Å²) in [4.78, 5) is 15.7. The van der Waals surface area contributed by atoms with E-state index in [-0.39, 0.29) is 10.8 Å². The maximum absolute atomic E-state index is 6.60. The molecule has 0 amide bonds. The average Bonchev–Trinajstić information content (AvgIpc) is 3.78. The minimum absolute atomic E-state index is 0.0482. The summed E-state index contributed by atoms with van der Waals surface area (Å²) in [5, 5.41) is 4.60. The highest BCUT2D eigenvalue weighted by atomic mass is 16.3. The Hall–Kier alpha value is -6.85. The zero-order valence-electron chi connectivity index (χ0n) is 33.7. The Balaban J connectivity index is 1.33. The molecule has 0 radical (unpaired) electrons.